The number of aromatic nitrogens is 3. The zero-order valence-corrected chi connectivity index (χ0v) is 11.4. The highest BCUT2D eigenvalue weighted by molar-refractivity contribution is 5.92. The van der Waals surface area contributed by atoms with E-state index in [9.17, 15) is 4.79 Å². The minimum absolute atomic E-state index is 0.205. The van der Waals surface area contributed by atoms with E-state index in [2.05, 4.69) is 10.3 Å². The molecule has 0 aliphatic rings. The summed E-state index contributed by atoms with van der Waals surface area (Å²) in [6, 6.07) is 12.5. The van der Waals surface area contributed by atoms with Crippen LogP contribution in [0.25, 0.3) is 11.0 Å². The fourth-order valence-corrected chi connectivity index (χ4v) is 2.17. The lowest BCUT2D eigenvalue weighted by atomic mass is 10.2. The maximum atomic E-state index is 10.9. The number of carboxylic acid groups (broad SMARTS) is 1. The molecule has 0 spiro atoms. The Morgan fingerprint density at radius 3 is 2.90 bits per heavy atom. The first kappa shape index (κ1) is 13.1. The minimum atomic E-state index is -0.973. The molecule has 0 fully saturated rings. The van der Waals surface area contributed by atoms with Gasteiger partial charge in [0.25, 0.3) is 0 Å². The van der Waals surface area contributed by atoms with Crippen LogP contribution in [0.5, 0.6) is 5.75 Å². The van der Waals surface area contributed by atoms with Gasteiger partial charge >= 0.3 is 5.97 Å². The summed E-state index contributed by atoms with van der Waals surface area (Å²) in [6.07, 6.45) is 0. The van der Waals surface area contributed by atoms with E-state index in [1.54, 1.807) is 23.9 Å². The lowest BCUT2D eigenvalue weighted by molar-refractivity contribution is 0.0697. The van der Waals surface area contributed by atoms with Crippen LogP contribution in [0.3, 0.4) is 0 Å². The molecule has 0 saturated carbocycles. The number of benzene rings is 2. The zero-order valence-electron chi connectivity index (χ0n) is 11.4. The van der Waals surface area contributed by atoms with Gasteiger partial charge in [-0.1, -0.05) is 17.3 Å². The van der Waals surface area contributed by atoms with Gasteiger partial charge in [0, 0.05) is 0 Å². The van der Waals surface area contributed by atoms with E-state index < -0.39 is 5.97 Å². The first-order chi connectivity index (χ1) is 10.2. The molecule has 6 heteroatoms. The summed E-state index contributed by atoms with van der Waals surface area (Å²) in [6.45, 7) is 0.542. The Morgan fingerprint density at radius 2 is 2.14 bits per heavy atom. The monoisotopic (exact) mass is 283 g/mol. The molecule has 0 unspecified atom stereocenters. The van der Waals surface area contributed by atoms with E-state index in [0.29, 0.717) is 12.1 Å². The fourth-order valence-electron chi connectivity index (χ4n) is 2.17. The van der Waals surface area contributed by atoms with E-state index in [4.69, 9.17) is 9.84 Å². The van der Waals surface area contributed by atoms with Crippen molar-refractivity contribution in [1.82, 2.24) is 15.0 Å². The molecule has 1 N–H and O–H groups in total. The topological polar surface area (TPSA) is 77.2 Å². The van der Waals surface area contributed by atoms with Crippen molar-refractivity contribution in [3.63, 3.8) is 0 Å². The number of carbonyl (C=O) groups is 1. The molecular formula is C15H13N3O3. The molecule has 0 aliphatic heterocycles. The van der Waals surface area contributed by atoms with Gasteiger partial charge in [0.2, 0.25) is 0 Å². The number of rotatable bonds is 4. The SMILES string of the molecule is COc1cccc(Cn2nnc3cc(C(=O)O)ccc32)c1. The number of fused-ring (bicyclic) bond motifs is 1. The Kier molecular flexibility index (Phi) is 3.27. The molecule has 21 heavy (non-hydrogen) atoms. The minimum Gasteiger partial charge on any atom is -0.497 e. The van der Waals surface area contributed by atoms with Gasteiger partial charge in [-0.25, -0.2) is 9.48 Å². The van der Waals surface area contributed by atoms with Gasteiger partial charge in [-0.05, 0) is 35.9 Å². The van der Waals surface area contributed by atoms with Gasteiger partial charge in [0.15, 0.2) is 0 Å². The highest BCUT2D eigenvalue weighted by atomic mass is 16.5. The van der Waals surface area contributed by atoms with E-state index in [1.807, 2.05) is 24.3 Å². The Hall–Kier alpha value is -2.89. The van der Waals surface area contributed by atoms with Crippen molar-refractivity contribution < 1.29 is 14.6 Å². The van der Waals surface area contributed by atoms with Crippen LogP contribution in [0.15, 0.2) is 42.5 Å². The second-order valence-corrected chi connectivity index (χ2v) is 4.61. The molecule has 6 nitrogen and oxygen atoms in total. The number of hydrogen-bond donors (Lipinski definition) is 1. The molecule has 3 aromatic rings. The molecule has 2 aromatic carbocycles. The van der Waals surface area contributed by atoms with Gasteiger partial charge in [-0.15, -0.1) is 5.10 Å². The third-order valence-electron chi connectivity index (χ3n) is 3.23. The van der Waals surface area contributed by atoms with Gasteiger partial charge in [-0.2, -0.15) is 0 Å². The molecule has 0 amide bonds. The second kappa shape index (κ2) is 5.24. The van der Waals surface area contributed by atoms with Crippen molar-refractivity contribution in [3.05, 3.63) is 53.6 Å². The summed E-state index contributed by atoms with van der Waals surface area (Å²) in [5, 5.41) is 17.1. The third kappa shape index (κ3) is 2.55. The molecular weight excluding hydrogens is 270 g/mol. The Labute approximate surface area is 120 Å². The van der Waals surface area contributed by atoms with E-state index in [0.717, 1.165) is 16.8 Å². The molecule has 0 saturated heterocycles. The van der Waals surface area contributed by atoms with Crippen LogP contribution in [0.1, 0.15) is 15.9 Å². The van der Waals surface area contributed by atoms with Crippen LogP contribution < -0.4 is 4.74 Å². The number of nitrogens with zero attached hydrogens (tertiary/aromatic N) is 3. The summed E-state index contributed by atoms with van der Waals surface area (Å²) in [4.78, 5) is 10.9. The Bertz CT molecular complexity index is 811. The molecule has 0 aliphatic carbocycles. The second-order valence-electron chi connectivity index (χ2n) is 4.61. The number of methoxy groups -OCH3 is 1. The average molecular weight is 283 g/mol. The highest BCUT2D eigenvalue weighted by Crippen LogP contribution is 2.17. The van der Waals surface area contributed by atoms with Gasteiger partial charge in [0.1, 0.15) is 11.3 Å². The van der Waals surface area contributed by atoms with E-state index in [1.165, 1.54) is 6.07 Å². The Balaban J connectivity index is 1.95. The number of carboxylic acids is 1. The van der Waals surface area contributed by atoms with Crippen molar-refractivity contribution >= 4 is 17.0 Å². The smallest absolute Gasteiger partial charge is 0.335 e. The van der Waals surface area contributed by atoms with Crippen LogP contribution in [0, 0.1) is 0 Å². The molecule has 0 atom stereocenters. The van der Waals surface area contributed by atoms with Crippen molar-refractivity contribution in [1.29, 1.82) is 0 Å². The number of aromatic carboxylic acids is 1. The first-order valence-electron chi connectivity index (χ1n) is 6.37. The highest BCUT2D eigenvalue weighted by Gasteiger charge is 2.09. The maximum absolute atomic E-state index is 10.9. The zero-order chi connectivity index (χ0) is 14.8. The quantitative estimate of drug-likeness (QED) is 0.794. The first-order valence-corrected chi connectivity index (χ1v) is 6.37. The summed E-state index contributed by atoms with van der Waals surface area (Å²) in [7, 11) is 1.62. The normalized spacial score (nSPS) is 10.7. The predicted octanol–water partition coefficient (Wildman–Crippen LogP) is 2.19. The summed E-state index contributed by atoms with van der Waals surface area (Å²) < 4.78 is 6.92. The van der Waals surface area contributed by atoms with Crippen LogP contribution >= 0.6 is 0 Å². The average Bonchev–Trinajstić information content (AvgIpc) is 2.90. The molecule has 1 heterocycles. The largest absolute Gasteiger partial charge is 0.497 e. The Morgan fingerprint density at radius 1 is 1.29 bits per heavy atom. The standard InChI is InChI=1S/C15H13N3O3/c1-21-12-4-2-3-10(7-12)9-18-14-6-5-11(15(19)20)8-13(14)16-17-18/h2-8H,9H2,1H3,(H,19,20). The van der Waals surface area contributed by atoms with Crippen LogP contribution in [-0.2, 0) is 6.54 Å². The molecule has 0 bridgehead atoms. The van der Waals surface area contributed by atoms with Crippen molar-refractivity contribution in [2.24, 2.45) is 0 Å². The van der Waals surface area contributed by atoms with Crippen molar-refractivity contribution in [2.75, 3.05) is 7.11 Å². The number of ether oxygens (including phenoxy) is 1. The molecule has 0 radical (unpaired) electrons. The number of hydrogen-bond acceptors (Lipinski definition) is 4. The predicted molar refractivity (Wildman–Crippen MR) is 76.6 cm³/mol. The molecule has 3 rings (SSSR count). The molecule has 106 valence electrons. The van der Waals surface area contributed by atoms with E-state index >= 15 is 0 Å². The van der Waals surface area contributed by atoms with Gasteiger partial charge in [-0.3, -0.25) is 0 Å². The van der Waals surface area contributed by atoms with E-state index in [-0.39, 0.29) is 5.56 Å². The lowest BCUT2D eigenvalue weighted by Gasteiger charge is -2.05. The van der Waals surface area contributed by atoms with Gasteiger partial charge in [0.05, 0.1) is 24.7 Å². The van der Waals surface area contributed by atoms with Crippen LogP contribution in [0.2, 0.25) is 0 Å². The van der Waals surface area contributed by atoms with Crippen molar-refractivity contribution in [3.8, 4) is 5.75 Å². The summed E-state index contributed by atoms with van der Waals surface area (Å²) >= 11 is 0. The van der Waals surface area contributed by atoms with Gasteiger partial charge < -0.3 is 9.84 Å². The fraction of sp³-hybridized carbons (Fsp3) is 0.133. The van der Waals surface area contributed by atoms with Crippen molar-refractivity contribution in [2.45, 2.75) is 6.54 Å². The molecule has 1 aromatic heterocycles. The van der Waals surface area contributed by atoms with Crippen LogP contribution in [-0.4, -0.2) is 33.2 Å². The third-order valence-corrected chi connectivity index (χ3v) is 3.23. The summed E-state index contributed by atoms with van der Waals surface area (Å²) in [5.74, 6) is -0.190. The van der Waals surface area contributed by atoms with Crippen LogP contribution in [0.4, 0.5) is 0 Å². The summed E-state index contributed by atoms with van der Waals surface area (Å²) in [5.41, 5.74) is 2.60. The maximum Gasteiger partial charge on any atom is 0.335 e. The lowest BCUT2D eigenvalue weighted by Crippen LogP contribution is -2.02.